The first-order chi connectivity index (χ1) is 12.6. The number of hydrogen-bond acceptors (Lipinski definition) is 4. The zero-order valence-corrected chi connectivity index (χ0v) is 15.1. The molecule has 0 saturated carbocycles. The Bertz CT molecular complexity index is 757. The van der Waals surface area contributed by atoms with Gasteiger partial charge in [0.25, 0.3) is 5.91 Å². The molecule has 1 aliphatic rings. The minimum atomic E-state index is -0.299. The number of ether oxygens (including phenoxy) is 1. The zero-order chi connectivity index (χ0) is 18.5. The van der Waals surface area contributed by atoms with Crippen molar-refractivity contribution < 1.29 is 18.7 Å². The van der Waals surface area contributed by atoms with Crippen LogP contribution in [0, 0.1) is 12.8 Å². The third kappa shape index (κ3) is 3.80. The third-order valence-corrected chi connectivity index (χ3v) is 4.87. The van der Waals surface area contributed by atoms with Gasteiger partial charge in [-0.25, -0.2) is 0 Å². The van der Waals surface area contributed by atoms with Crippen LogP contribution >= 0.6 is 0 Å². The Hall–Kier alpha value is -2.60. The molecule has 0 unspecified atom stereocenters. The number of carbonyl (C=O) groups is 2. The summed E-state index contributed by atoms with van der Waals surface area (Å²) in [7, 11) is 1.60. The molecule has 0 bridgehead atoms. The van der Waals surface area contributed by atoms with E-state index in [9.17, 15) is 9.59 Å². The second kappa shape index (κ2) is 8.19. The molecule has 6 nitrogen and oxygen atoms in total. The molecule has 1 saturated heterocycles. The van der Waals surface area contributed by atoms with Gasteiger partial charge in [-0.2, -0.15) is 0 Å². The molecule has 1 N–H and O–H groups in total. The van der Waals surface area contributed by atoms with Crippen molar-refractivity contribution in [3.63, 3.8) is 0 Å². The third-order valence-electron chi connectivity index (χ3n) is 4.87. The number of benzene rings is 1. The van der Waals surface area contributed by atoms with Gasteiger partial charge in [0, 0.05) is 32.7 Å². The molecule has 2 atom stereocenters. The molecule has 6 heteroatoms. The Morgan fingerprint density at radius 2 is 2.04 bits per heavy atom. The standard InChI is InChI=1S/C20H24N2O4/c1-14-6-3-4-7-15(14)16-12-22(20(24)18-8-5-10-26-18)13-17(16)19(23)21-9-11-25-2/h3-8,10,16-17H,9,11-13H2,1-2H3,(H,21,23)/t16-,17+/m1/s1. The topological polar surface area (TPSA) is 71.8 Å². The highest BCUT2D eigenvalue weighted by molar-refractivity contribution is 5.92. The van der Waals surface area contributed by atoms with Crippen molar-refractivity contribution >= 4 is 11.8 Å². The summed E-state index contributed by atoms with van der Waals surface area (Å²) in [6, 6.07) is 11.4. The van der Waals surface area contributed by atoms with Crippen LogP contribution in [0.5, 0.6) is 0 Å². The van der Waals surface area contributed by atoms with E-state index in [1.165, 1.54) is 6.26 Å². The largest absolute Gasteiger partial charge is 0.459 e. The first-order valence-corrected chi connectivity index (χ1v) is 8.76. The molecule has 2 amide bonds. The van der Waals surface area contributed by atoms with Crippen molar-refractivity contribution in [1.29, 1.82) is 0 Å². The number of methoxy groups -OCH3 is 1. The molecule has 2 heterocycles. The maximum Gasteiger partial charge on any atom is 0.289 e. The van der Waals surface area contributed by atoms with E-state index in [0.717, 1.165) is 11.1 Å². The monoisotopic (exact) mass is 356 g/mol. The molecule has 1 aromatic heterocycles. The Morgan fingerprint density at radius 1 is 1.23 bits per heavy atom. The van der Waals surface area contributed by atoms with Crippen LogP contribution in [0.25, 0.3) is 0 Å². The van der Waals surface area contributed by atoms with Crippen LogP contribution in [0.3, 0.4) is 0 Å². The van der Waals surface area contributed by atoms with E-state index in [4.69, 9.17) is 9.15 Å². The van der Waals surface area contributed by atoms with Crippen LogP contribution < -0.4 is 5.32 Å². The van der Waals surface area contributed by atoms with Crippen LogP contribution in [-0.4, -0.2) is 50.1 Å². The predicted molar refractivity (Wildman–Crippen MR) is 96.9 cm³/mol. The molecule has 2 aromatic rings. The lowest BCUT2D eigenvalue weighted by atomic mass is 9.86. The average molecular weight is 356 g/mol. The van der Waals surface area contributed by atoms with E-state index in [1.54, 1.807) is 24.1 Å². The zero-order valence-electron chi connectivity index (χ0n) is 15.1. The highest BCUT2D eigenvalue weighted by Crippen LogP contribution is 2.35. The van der Waals surface area contributed by atoms with Crippen molar-refractivity contribution in [2.24, 2.45) is 5.92 Å². The number of furan rings is 1. The minimum Gasteiger partial charge on any atom is -0.459 e. The van der Waals surface area contributed by atoms with Gasteiger partial charge in [0.15, 0.2) is 5.76 Å². The molecular formula is C20H24N2O4. The first kappa shape index (κ1) is 18.2. The molecule has 1 aliphatic heterocycles. The van der Waals surface area contributed by atoms with E-state index >= 15 is 0 Å². The highest BCUT2D eigenvalue weighted by Gasteiger charge is 2.41. The first-order valence-electron chi connectivity index (χ1n) is 8.76. The number of amides is 2. The van der Waals surface area contributed by atoms with E-state index in [0.29, 0.717) is 32.0 Å². The van der Waals surface area contributed by atoms with E-state index in [1.807, 2.05) is 31.2 Å². The van der Waals surface area contributed by atoms with Crippen molar-refractivity contribution in [3.8, 4) is 0 Å². The summed E-state index contributed by atoms with van der Waals surface area (Å²) in [5.74, 6) is -0.274. The van der Waals surface area contributed by atoms with Crippen molar-refractivity contribution in [1.82, 2.24) is 10.2 Å². The number of aryl methyl sites for hydroxylation is 1. The molecule has 138 valence electrons. The number of likely N-dealkylation sites (tertiary alicyclic amines) is 1. The van der Waals surface area contributed by atoms with Crippen LogP contribution in [0.2, 0.25) is 0 Å². The SMILES string of the molecule is COCCNC(=O)[C@H]1CN(C(=O)c2ccco2)C[C@@H]1c1ccccc1C. The van der Waals surface area contributed by atoms with Gasteiger partial charge >= 0.3 is 0 Å². The summed E-state index contributed by atoms with van der Waals surface area (Å²) in [6.07, 6.45) is 1.48. The lowest BCUT2D eigenvalue weighted by Crippen LogP contribution is -2.37. The van der Waals surface area contributed by atoms with Gasteiger partial charge in [-0.3, -0.25) is 9.59 Å². The lowest BCUT2D eigenvalue weighted by molar-refractivity contribution is -0.125. The Labute approximate surface area is 153 Å². The molecule has 26 heavy (non-hydrogen) atoms. The summed E-state index contributed by atoms with van der Waals surface area (Å²) < 4.78 is 10.2. The van der Waals surface area contributed by atoms with E-state index in [-0.39, 0.29) is 23.7 Å². The summed E-state index contributed by atoms with van der Waals surface area (Å²) in [4.78, 5) is 27.1. The van der Waals surface area contributed by atoms with Gasteiger partial charge in [-0.15, -0.1) is 0 Å². The number of carbonyl (C=O) groups excluding carboxylic acids is 2. The Kier molecular flexibility index (Phi) is 5.73. The predicted octanol–water partition coefficient (Wildman–Crippen LogP) is 2.21. The number of nitrogens with zero attached hydrogens (tertiary/aromatic N) is 1. The molecule has 1 fully saturated rings. The van der Waals surface area contributed by atoms with Crippen LogP contribution in [0.1, 0.15) is 27.6 Å². The normalized spacial score (nSPS) is 19.5. The molecule has 0 aliphatic carbocycles. The average Bonchev–Trinajstić information content (AvgIpc) is 3.32. The van der Waals surface area contributed by atoms with Crippen LogP contribution in [0.15, 0.2) is 47.1 Å². The minimum absolute atomic E-state index is 0.0438. The smallest absolute Gasteiger partial charge is 0.289 e. The fraction of sp³-hybridized carbons (Fsp3) is 0.400. The molecule has 0 spiro atoms. The number of hydrogen-bond donors (Lipinski definition) is 1. The Morgan fingerprint density at radius 3 is 2.73 bits per heavy atom. The van der Waals surface area contributed by atoms with Gasteiger partial charge in [0.2, 0.25) is 5.91 Å². The second-order valence-corrected chi connectivity index (χ2v) is 6.54. The van der Waals surface area contributed by atoms with E-state index in [2.05, 4.69) is 5.32 Å². The Balaban J connectivity index is 1.82. The van der Waals surface area contributed by atoms with Crippen molar-refractivity contribution in [2.75, 3.05) is 33.4 Å². The highest BCUT2D eigenvalue weighted by atomic mass is 16.5. The fourth-order valence-electron chi connectivity index (χ4n) is 3.52. The molecule has 3 rings (SSSR count). The van der Waals surface area contributed by atoms with Crippen LogP contribution in [0.4, 0.5) is 0 Å². The molecule has 1 aromatic carbocycles. The quantitative estimate of drug-likeness (QED) is 0.806. The molecular weight excluding hydrogens is 332 g/mol. The summed E-state index contributed by atoms with van der Waals surface area (Å²) in [5.41, 5.74) is 2.23. The van der Waals surface area contributed by atoms with E-state index < -0.39 is 0 Å². The maximum absolute atomic E-state index is 12.7. The van der Waals surface area contributed by atoms with Crippen molar-refractivity contribution in [3.05, 3.63) is 59.5 Å². The van der Waals surface area contributed by atoms with Gasteiger partial charge in [0.1, 0.15) is 0 Å². The van der Waals surface area contributed by atoms with Gasteiger partial charge in [-0.05, 0) is 30.2 Å². The van der Waals surface area contributed by atoms with Crippen LogP contribution in [-0.2, 0) is 9.53 Å². The van der Waals surface area contributed by atoms with Gasteiger partial charge < -0.3 is 19.4 Å². The van der Waals surface area contributed by atoms with Gasteiger partial charge in [-0.1, -0.05) is 24.3 Å². The van der Waals surface area contributed by atoms with Crippen molar-refractivity contribution in [2.45, 2.75) is 12.8 Å². The number of rotatable bonds is 6. The summed E-state index contributed by atoms with van der Waals surface area (Å²) in [5, 5.41) is 2.91. The lowest BCUT2D eigenvalue weighted by Gasteiger charge is -2.19. The number of nitrogens with one attached hydrogen (secondary N) is 1. The summed E-state index contributed by atoms with van der Waals surface area (Å²) in [6.45, 7) is 3.82. The molecule has 0 radical (unpaired) electrons. The maximum atomic E-state index is 12.7. The van der Waals surface area contributed by atoms with Gasteiger partial charge in [0.05, 0.1) is 18.8 Å². The fourth-order valence-corrected chi connectivity index (χ4v) is 3.52. The summed E-state index contributed by atoms with van der Waals surface area (Å²) >= 11 is 0. The second-order valence-electron chi connectivity index (χ2n) is 6.54.